The molecular weight excluding hydrogens is 452 g/mol. The van der Waals surface area contributed by atoms with Crippen molar-refractivity contribution < 1.29 is 8.78 Å². The minimum Gasteiger partial charge on any atom is -0.367 e. The Labute approximate surface area is 194 Å². The van der Waals surface area contributed by atoms with Gasteiger partial charge < -0.3 is 4.90 Å². The molecule has 172 valence electrons. The van der Waals surface area contributed by atoms with Crippen molar-refractivity contribution in [2.24, 2.45) is 0 Å². The Hall–Kier alpha value is -1.82. The van der Waals surface area contributed by atoms with E-state index in [1.165, 1.54) is 12.8 Å². The molecule has 1 saturated carbocycles. The average Bonchev–Trinajstić information content (AvgIpc) is 3.17. The molecule has 0 bridgehead atoms. The van der Waals surface area contributed by atoms with Crippen molar-refractivity contribution in [3.05, 3.63) is 23.5 Å². The fraction of sp³-hybridized carbons (Fsp3) is 0.571. The summed E-state index contributed by atoms with van der Waals surface area (Å²) in [4.78, 5) is 10.5. The van der Waals surface area contributed by atoms with Crippen LogP contribution in [-0.4, -0.2) is 62.7 Å². The van der Waals surface area contributed by atoms with Crippen molar-refractivity contribution >= 4 is 34.5 Å². The van der Waals surface area contributed by atoms with Gasteiger partial charge in [0.15, 0.2) is 15.8 Å². The summed E-state index contributed by atoms with van der Waals surface area (Å²) in [7, 11) is 2.18. The maximum Gasteiger partial charge on any atom is 0.291 e. The van der Waals surface area contributed by atoms with Crippen LogP contribution in [0.25, 0.3) is 16.3 Å². The van der Waals surface area contributed by atoms with Crippen LogP contribution >= 0.6 is 23.3 Å². The molecule has 0 spiro atoms. The second-order valence-electron chi connectivity index (χ2n) is 8.90. The highest BCUT2D eigenvalue weighted by molar-refractivity contribution is 7.97. The van der Waals surface area contributed by atoms with Gasteiger partial charge in [-0.2, -0.15) is 0 Å². The fourth-order valence-electron chi connectivity index (χ4n) is 4.01. The van der Waals surface area contributed by atoms with E-state index < -0.39 is 6.43 Å². The quantitative estimate of drug-likeness (QED) is 0.502. The van der Waals surface area contributed by atoms with Gasteiger partial charge in [0, 0.05) is 42.3 Å². The Morgan fingerprint density at radius 1 is 1.31 bits per heavy atom. The van der Waals surface area contributed by atoms with E-state index in [9.17, 15) is 8.78 Å². The van der Waals surface area contributed by atoms with E-state index in [1.807, 2.05) is 16.8 Å². The summed E-state index contributed by atoms with van der Waals surface area (Å²) < 4.78 is 31.7. The van der Waals surface area contributed by atoms with E-state index in [0.717, 1.165) is 53.5 Å². The molecule has 5 rings (SSSR count). The number of hydrogen-bond donors (Lipinski definition) is 1. The van der Waals surface area contributed by atoms with Crippen molar-refractivity contribution in [1.29, 1.82) is 0 Å². The van der Waals surface area contributed by atoms with Crippen molar-refractivity contribution in [1.82, 2.24) is 29.2 Å². The first-order chi connectivity index (χ1) is 15.4. The van der Waals surface area contributed by atoms with Gasteiger partial charge >= 0.3 is 0 Å². The minimum atomic E-state index is -2.63. The lowest BCUT2D eigenvalue weighted by atomic mass is 10.1. The molecule has 1 N–H and O–H groups in total. The van der Waals surface area contributed by atoms with Crippen LogP contribution in [0.5, 0.6) is 0 Å². The third-order valence-corrected chi connectivity index (χ3v) is 8.40. The topological polar surface area (TPSA) is 61.6 Å². The van der Waals surface area contributed by atoms with E-state index in [2.05, 4.69) is 56.7 Å². The van der Waals surface area contributed by atoms with E-state index >= 15 is 0 Å². The molecule has 0 amide bonds. The molecular formula is C21H27F2N7S2. The lowest BCUT2D eigenvalue weighted by molar-refractivity contribution is 0.150. The number of hydrogen-bond acceptors (Lipinski definition) is 8. The number of nitrogens with zero attached hydrogens (tertiary/aromatic N) is 6. The zero-order valence-corrected chi connectivity index (χ0v) is 20.0. The number of halogens is 2. The zero-order valence-electron chi connectivity index (χ0n) is 18.4. The molecule has 0 unspecified atom stereocenters. The lowest BCUT2D eigenvalue weighted by Gasteiger charge is -2.40. The summed E-state index contributed by atoms with van der Waals surface area (Å²) >= 11 is 2.51. The Balaban J connectivity index is 1.56. The number of anilines is 1. The zero-order chi connectivity index (χ0) is 22.5. The molecule has 0 radical (unpaired) electrons. The molecule has 1 aliphatic heterocycles. The highest BCUT2D eigenvalue weighted by Gasteiger charge is 2.37. The largest absolute Gasteiger partial charge is 0.367 e. The number of fused-ring (bicyclic) bond motifs is 1. The SMILES string of the molecule is CC[C@H]1CN(c2cc(SNC3(C)CC3)cn3c(-c4nnc(C(F)F)s4)ncc23)CCN1C. The number of aromatic nitrogens is 4. The summed E-state index contributed by atoms with van der Waals surface area (Å²) in [5.41, 5.74) is 2.25. The standard InChI is InChI=1S/C21H27F2N7S2/c1-4-13-11-29(8-7-28(13)3)15-9-14(32-27-21(2)5-6-21)12-30-16(15)10-24-18(30)20-26-25-19(31-20)17(22)23/h9-10,12-13,17,27H,4-8,11H2,1-3H3/t13-/m0/s1. The van der Waals surface area contributed by atoms with Crippen LogP contribution in [-0.2, 0) is 0 Å². The van der Waals surface area contributed by atoms with Crippen molar-refractivity contribution in [2.45, 2.75) is 56.0 Å². The van der Waals surface area contributed by atoms with Gasteiger partial charge in [0.1, 0.15) is 0 Å². The van der Waals surface area contributed by atoms with Gasteiger partial charge in [-0.25, -0.2) is 13.8 Å². The number of pyridine rings is 1. The van der Waals surface area contributed by atoms with Gasteiger partial charge in [-0.1, -0.05) is 18.3 Å². The number of rotatable bonds is 7. The summed E-state index contributed by atoms with van der Waals surface area (Å²) in [6.45, 7) is 7.31. The fourth-order valence-corrected chi connectivity index (χ4v) is 5.60. The average molecular weight is 480 g/mol. The predicted octanol–water partition coefficient (Wildman–Crippen LogP) is 4.47. The van der Waals surface area contributed by atoms with E-state index in [4.69, 9.17) is 0 Å². The van der Waals surface area contributed by atoms with Gasteiger partial charge in [0.05, 0.1) is 17.4 Å². The van der Waals surface area contributed by atoms with E-state index in [-0.39, 0.29) is 10.5 Å². The van der Waals surface area contributed by atoms with Gasteiger partial charge in [-0.3, -0.25) is 14.0 Å². The van der Waals surface area contributed by atoms with Crippen LogP contribution in [0.4, 0.5) is 14.5 Å². The maximum atomic E-state index is 13.1. The molecule has 3 aromatic rings. The predicted molar refractivity (Wildman–Crippen MR) is 125 cm³/mol. The van der Waals surface area contributed by atoms with Gasteiger partial charge in [-0.15, -0.1) is 10.2 Å². The second kappa shape index (κ2) is 8.51. The molecule has 7 nitrogen and oxygen atoms in total. The molecule has 1 saturated heterocycles. The molecule has 2 fully saturated rings. The summed E-state index contributed by atoms with van der Waals surface area (Å²) in [6, 6.07) is 2.70. The summed E-state index contributed by atoms with van der Waals surface area (Å²) in [6.07, 6.45) is 4.63. The number of alkyl halides is 2. The molecule has 32 heavy (non-hydrogen) atoms. The highest BCUT2D eigenvalue weighted by Crippen LogP contribution is 2.39. The third-order valence-electron chi connectivity index (χ3n) is 6.42. The Morgan fingerprint density at radius 3 is 2.81 bits per heavy atom. The van der Waals surface area contributed by atoms with Gasteiger partial charge in [0.2, 0.25) is 0 Å². The number of nitrogens with one attached hydrogen (secondary N) is 1. The van der Waals surface area contributed by atoms with E-state index in [0.29, 0.717) is 16.9 Å². The highest BCUT2D eigenvalue weighted by atomic mass is 32.2. The first kappa shape index (κ1) is 22.0. The lowest BCUT2D eigenvalue weighted by Crippen LogP contribution is -2.51. The smallest absolute Gasteiger partial charge is 0.291 e. The summed E-state index contributed by atoms with van der Waals surface area (Å²) in [5, 5.41) is 7.77. The molecule has 2 aliphatic rings. The van der Waals surface area contributed by atoms with Crippen molar-refractivity contribution in [2.75, 3.05) is 31.6 Å². The Kier molecular flexibility index (Phi) is 5.85. The second-order valence-corrected chi connectivity index (χ2v) is 10.8. The first-order valence-corrected chi connectivity index (χ1v) is 12.5. The molecule has 1 atom stereocenters. The number of imidazole rings is 1. The Bertz CT molecular complexity index is 1110. The van der Waals surface area contributed by atoms with Crippen molar-refractivity contribution in [3.8, 4) is 10.8 Å². The van der Waals surface area contributed by atoms with Crippen LogP contribution in [0, 0.1) is 0 Å². The van der Waals surface area contributed by atoms with Crippen LogP contribution in [0.1, 0.15) is 44.5 Å². The first-order valence-electron chi connectivity index (χ1n) is 10.9. The molecule has 4 heterocycles. The van der Waals surface area contributed by atoms with Crippen LogP contribution < -0.4 is 9.62 Å². The van der Waals surface area contributed by atoms with Gasteiger partial charge in [0.25, 0.3) is 6.43 Å². The minimum absolute atomic E-state index is 0.185. The molecule has 1 aliphatic carbocycles. The number of likely N-dealkylation sites (N-methyl/N-ethyl adjacent to an activating group) is 1. The van der Waals surface area contributed by atoms with Crippen LogP contribution in [0.15, 0.2) is 23.4 Å². The molecule has 0 aromatic carbocycles. The van der Waals surface area contributed by atoms with Gasteiger partial charge in [-0.05, 0) is 51.2 Å². The molecule has 3 aromatic heterocycles. The van der Waals surface area contributed by atoms with E-state index in [1.54, 1.807) is 11.9 Å². The monoisotopic (exact) mass is 479 g/mol. The normalized spacial score (nSPS) is 21.1. The van der Waals surface area contributed by atoms with Crippen LogP contribution in [0.2, 0.25) is 0 Å². The number of piperazine rings is 1. The van der Waals surface area contributed by atoms with Crippen LogP contribution in [0.3, 0.4) is 0 Å². The third kappa shape index (κ3) is 4.23. The maximum absolute atomic E-state index is 13.1. The Morgan fingerprint density at radius 2 is 2.12 bits per heavy atom. The van der Waals surface area contributed by atoms with Crippen molar-refractivity contribution in [3.63, 3.8) is 0 Å². The molecule has 11 heteroatoms. The summed E-state index contributed by atoms with van der Waals surface area (Å²) in [5.74, 6) is 0.548.